The van der Waals surface area contributed by atoms with Crippen molar-refractivity contribution in [3.8, 4) is 11.1 Å². The molecule has 118 heavy (non-hydrogen) atoms. The van der Waals surface area contributed by atoms with Crippen LogP contribution in [-0.2, 0) is 5.41 Å². The van der Waals surface area contributed by atoms with Crippen molar-refractivity contribution in [2.24, 2.45) is 0 Å². The molecular weight excluding hydrogens is 1480 g/mol. The summed E-state index contributed by atoms with van der Waals surface area (Å²) in [7, 11) is 0. The second-order valence-corrected chi connectivity index (χ2v) is 32.4. The molecule has 0 spiro atoms. The fraction of sp³-hybridized carbons (Fsp3) is 0.0275. The van der Waals surface area contributed by atoms with Crippen molar-refractivity contribution in [1.82, 2.24) is 0 Å². The Labute approximate surface area is 691 Å². The molecule has 0 unspecified atom stereocenters. The van der Waals surface area contributed by atoms with Crippen molar-refractivity contribution in [1.29, 1.82) is 0 Å². The Hall–Kier alpha value is -14.7. The third kappa shape index (κ3) is 14.4. The molecule has 0 aliphatic heterocycles. The molecule has 4 heterocycles. The third-order valence-electron chi connectivity index (χ3n) is 22.4. The third-order valence-corrected chi connectivity index (χ3v) is 24.7. The molecule has 0 amide bonds. The van der Waals surface area contributed by atoms with Gasteiger partial charge in [0.2, 0.25) is 0 Å². The van der Waals surface area contributed by atoms with Gasteiger partial charge in [0, 0.05) is 108 Å². The van der Waals surface area contributed by atoms with E-state index < -0.39 is 0 Å². The summed E-state index contributed by atoms with van der Waals surface area (Å²) in [5, 5.41) is 37.7. The van der Waals surface area contributed by atoms with E-state index in [2.05, 4.69) is 344 Å². The van der Waals surface area contributed by atoms with Gasteiger partial charge in [-0.15, -0.1) is 22.7 Å². The summed E-state index contributed by atoms with van der Waals surface area (Å²) in [6, 6.07) is 144. The van der Waals surface area contributed by atoms with Gasteiger partial charge in [0.1, 0.15) is 16.7 Å². The minimum atomic E-state index is 0.0268. The van der Waals surface area contributed by atoms with Gasteiger partial charge in [-0.3, -0.25) is 0 Å². The smallest absolute Gasteiger partial charge is 0.158 e. The van der Waals surface area contributed by atoms with Crippen LogP contribution in [0.3, 0.4) is 0 Å². The normalized spacial score (nSPS) is 11.9. The van der Waals surface area contributed by atoms with E-state index in [-0.39, 0.29) is 5.41 Å². The van der Waals surface area contributed by atoms with Crippen LogP contribution in [0.5, 0.6) is 0 Å². The Balaban J connectivity index is 0.0000000966. The quantitative estimate of drug-likeness (QED) is 0.0872. The lowest BCUT2D eigenvalue weighted by atomic mass is 9.82. The van der Waals surface area contributed by atoms with E-state index in [0.29, 0.717) is 0 Å². The zero-order valence-electron chi connectivity index (χ0n) is 64.9. The maximum atomic E-state index is 5.99. The number of nitrogens with one attached hydrogen (secondary N) is 5. The van der Waals surface area contributed by atoms with Crippen LogP contribution in [0.1, 0.15) is 25.0 Å². The topological polar surface area (TPSA) is 86.4 Å². The standard InChI is InChI=1S/C30H19NO.C27H21NS.C18H13NO.C18H13NS.C16H13N/c1-2-9-23-21(7-1)22-8-3-4-10-24(22)27-17-19(13-15-25(23)27)31-20-14-16-30-28(18-20)26-11-5-6-12-29(26)32-30;1-27(2)23-9-5-3-7-19(23)20-13-11-17(15-24(20)27)28-18-12-14-22-21-8-4-6-10-25(21)29-26(22)16-18;2*1-2-7-13(8-3-1)19-16-11-6-10-15-14-9-4-5-12-17(14)20-18(15)16;1-2-8-15(9-3-1)17-16-11-10-13-6-4-5-7-14(13)12-16/h1-18,31H;3-16,28H,1-2H3;2*1-12,19H;1-12,17H. The molecule has 5 N–H and O–H groups in total. The molecule has 0 atom stereocenters. The molecule has 0 saturated heterocycles. The number of para-hydroxylation sites is 6. The van der Waals surface area contributed by atoms with Crippen molar-refractivity contribution in [3.63, 3.8) is 0 Å². The molecule has 0 radical (unpaired) electrons. The van der Waals surface area contributed by atoms with Gasteiger partial charge >= 0.3 is 0 Å². The van der Waals surface area contributed by atoms with E-state index in [1.807, 2.05) is 132 Å². The van der Waals surface area contributed by atoms with Crippen LogP contribution in [-0.4, -0.2) is 0 Å². The van der Waals surface area contributed by atoms with Crippen molar-refractivity contribution in [2.75, 3.05) is 26.6 Å². The van der Waals surface area contributed by atoms with Gasteiger partial charge in [-0.25, -0.2) is 0 Å². The summed E-state index contributed by atoms with van der Waals surface area (Å²) in [5.41, 5.74) is 20.2. The van der Waals surface area contributed by atoms with Crippen molar-refractivity contribution in [2.45, 2.75) is 19.3 Å². The van der Waals surface area contributed by atoms with Crippen LogP contribution in [0.4, 0.5) is 56.9 Å². The van der Waals surface area contributed by atoms with Crippen LogP contribution in [0.2, 0.25) is 0 Å². The maximum absolute atomic E-state index is 5.99. The van der Waals surface area contributed by atoms with E-state index in [4.69, 9.17) is 8.83 Å². The fourth-order valence-corrected chi connectivity index (χ4v) is 19.0. The predicted octanol–water partition coefficient (Wildman–Crippen LogP) is 32.6. The van der Waals surface area contributed by atoms with Crippen LogP contribution < -0.4 is 26.6 Å². The SMILES string of the molecule is CC1(C)c2ccccc2-c2ccc(Nc3ccc4c(c3)sc3ccccc34)cc21.c1ccc(Nc2ccc3ccccc3c2)cc1.c1ccc(Nc2cccc3c2oc2ccccc23)cc1.c1ccc(Nc2cccc3c2sc2ccccc23)cc1.c1ccc2c(c1)oc1ccc(Nc3ccc4c5ccccc5c5ccccc5c4c3)cc12. The summed E-state index contributed by atoms with van der Waals surface area (Å²) >= 11 is 3.70. The van der Waals surface area contributed by atoms with Crippen LogP contribution in [0.25, 0.3) is 138 Å². The van der Waals surface area contributed by atoms with Crippen molar-refractivity contribution >= 4 is 207 Å². The van der Waals surface area contributed by atoms with E-state index in [9.17, 15) is 0 Å². The highest BCUT2D eigenvalue weighted by atomic mass is 32.1. The molecule has 0 saturated carbocycles. The zero-order chi connectivity index (χ0) is 78.9. The monoisotopic (exact) mass is 1550 g/mol. The van der Waals surface area contributed by atoms with E-state index in [1.54, 1.807) is 0 Å². The van der Waals surface area contributed by atoms with Gasteiger partial charge in [-0.2, -0.15) is 0 Å². The molecule has 1 aliphatic carbocycles. The number of hydrogen-bond donors (Lipinski definition) is 5. The molecule has 4 aromatic heterocycles. The summed E-state index contributed by atoms with van der Waals surface area (Å²) in [6.07, 6.45) is 0. The first kappa shape index (κ1) is 72.2. The Kier molecular flexibility index (Phi) is 19.3. The molecule has 24 rings (SSSR count). The average Bonchev–Trinajstić information content (AvgIpc) is 1.66. The molecular formula is C109H79N5O2S2. The molecule has 9 heteroatoms. The summed E-state index contributed by atoms with van der Waals surface area (Å²) in [4.78, 5) is 0. The summed E-state index contributed by atoms with van der Waals surface area (Å²) in [6.45, 7) is 4.65. The highest BCUT2D eigenvalue weighted by Gasteiger charge is 2.35. The van der Waals surface area contributed by atoms with Crippen molar-refractivity contribution in [3.05, 3.63) is 424 Å². The van der Waals surface area contributed by atoms with Crippen LogP contribution in [0, 0.1) is 0 Å². The first-order valence-corrected chi connectivity index (χ1v) is 41.5. The summed E-state index contributed by atoms with van der Waals surface area (Å²) in [5.74, 6) is 0. The summed E-state index contributed by atoms with van der Waals surface area (Å²) < 4.78 is 17.3. The first-order chi connectivity index (χ1) is 58.2. The highest BCUT2D eigenvalue weighted by molar-refractivity contribution is 7.26. The number of rotatable bonds is 10. The van der Waals surface area contributed by atoms with Crippen LogP contribution in [0.15, 0.2) is 421 Å². The maximum Gasteiger partial charge on any atom is 0.158 e. The average molecular weight is 1550 g/mol. The number of hydrogen-bond acceptors (Lipinski definition) is 9. The molecule has 19 aromatic carbocycles. The molecule has 0 bridgehead atoms. The lowest BCUT2D eigenvalue weighted by molar-refractivity contribution is 0.660. The molecule has 0 fully saturated rings. The van der Waals surface area contributed by atoms with E-state index in [1.165, 1.54) is 111 Å². The largest absolute Gasteiger partial charge is 0.456 e. The predicted molar refractivity (Wildman–Crippen MR) is 509 cm³/mol. The van der Waals surface area contributed by atoms with Gasteiger partial charge < -0.3 is 35.4 Å². The van der Waals surface area contributed by atoms with Gasteiger partial charge in [0.15, 0.2) is 5.58 Å². The van der Waals surface area contributed by atoms with Crippen molar-refractivity contribution < 1.29 is 8.83 Å². The molecule has 7 nitrogen and oxygen atoms in total. The first-order valence-electron chi connectivity index (χ1n) is 39.9. The van der Waals surface area contributed by atoms with E-state index in [0.717, 1.165) is 95.1 Å². The fourth-order valence-electron chi connectivity index (χ4n) is 16.7. The lowest BCUT2D eigenvalue weighted by Crippen LogP contribution is -2.15. The Bertz CT molecular complexity index is 7470. The molecule has 23 aromatic rings. The van der Waals surface area contributed by atoms with E-state index >= 15 is 0 Å². The zero-order valence-corrected chi connectivity index (χ0v) is 66.5. The number of anilines is 10. The van der Waals surface area contributed by atoms with Gasteiger partial charge in [-0.05, 0) is 205 Å². The Morgan fingerprint density at radius 2 is 0.619 bits per heavy atom. The Morgan fingerprint density at radius 3 is 1.30 bits per heavy atom. The second kappa shape index (κ2) is 31.6. The lowest BCUT2D eigenvalue weighted by Gasteiger charge is -2.22. The molecule has 1 aliphatic rings. The van der Waals surface area contributed by atoms with Crippen LogP contribution >= 0.6 is 22.7 Å². The number of benzene rings is 19. The number of fused-ring (bicyclic) bond motifs is 22. The second-order valence-electron chi connectivity index (χ2n) is 30.2. The number of thiophene rings is 2. The molecule has 564 valence electrons. The van der Waals surface area contributed by atoms with Gasteiger partial charge in [-0.1, -0.05) is 287 Å². The minimum absolute atomic E-state index is 0.0268. The van der Waals surface area contributed by atoms with Gasteiger partial charge in [0.05, 0.1) is 16.1 Å². The van der Waals surface area contributed by atoms with Gasteiger partial charge in [0.25, 0.3) is 0 Å². The minimum Gasteiger partial charge on any atom is -0.456 e. The highest BCUT2D eigenvalue weighted by Crippen LogP contribution is 2.50. The number of furan rings is 2. The Morgan fingerprint density at radius 1 is 0.212 bits per heavy atom.